The van der Waals surface area contributed by atoms with Crippen LogP contribution in [0.4, 0.5) is 0 Å². The third-order valence-electron chi connectivity index (χ3n) is 3.71. The van der Waals surface area contributed by atoms with Crippen LogP contribution in [-0.2, 0) is 9.53 Å². The summed E-state index contributed by atoms with van der Waals surface area (Å²) in [4.78, 5) is 12.1. The van der Waals surface area contributed by atoms with Gasteiger partial charge >= 0.3 is 0 Å². The van der Waals surface area contributed by atoms with E-state index in [0.29, 0.717) is 19.1 Å². The molecule has 1 aromatic heterocycles. The maximum Gasteiger partial charge on any atom is 0.261 e. The number of carbonyl (C=O) groups is 1. The summed E-state index contributed by atoms with van der Waals surface area (Å²) in [5.74, 6) is 0.0230. The second-order valence-corrected chi connectivity index (χ2v) is 6.27. The molecule has 0 saturated heterocycles. The van der Waals surface area contributed by atoms with Crippen LogP contribution in [0, 0.1) is 31.1 Å². The van der Waals surface area contributed by atoms with Gasteiger partial charge in [-0.3, -0.25) is 4.79 Å². The highest BCUT2D eigenvalue weighted by Crippen LogP contribution is 2.22. The van der Waals surface area contributed by atoms with E-state index in [0.717, 1.165) is 17.0 Å². The minimum absolute atomic E-state index is 0.130. The van der Waals surface area contributed by atoms with E-state index in [1.165, 1.54) is 0 Å². The molecule has 1 rings (SSSR count). The number of aromatic nitrogens is 1. The fraction of sp³-hybridized carbons (Fsp3) is 0.556. The molecule has 0 fully saturated rings. The average Bonchev–Trinajstić information content (AvgIpc) is 2.76. The zero-order chi connectivity index (χ0) is 17.6. The smallest absolute Gasteiger partial charge is 0.261 e. The first kappa shape index (κ1) is 19.0. The van der Waals surface area contributed by atoms with Gasteiger partial charge in [-0.05, 0) is 44.4 Å². The summed E-state index contributed by atoms with van der Waals surface area (Å²) in [7, 11) is 1.68. The summed E-state index contributed by atoms with van der Waals surface area (Å²) in [6, 6.07) is 4.19. The number of nitrogens with one attached hydrogen (secondary N) is 1. The highest BCUT2D eigenvalue weighted by atomic mass is 16.5. The fourth-order valence-corrected chi connectivity index (χ4v) is 2.64. The van der Waals surface area contributed by atoms with E-state index in [1.807, 2.05) is 39.8 Å². The van der Waals surface area contributed by atoms with Gasteiger partial charge in [-0.1, -0.05) is 13.8 Å². The van der Waals surface area contributed by atoms with Crippen molar-refractivity contribution < 1.29 is 9.53 Å². The maximum atomic E-state index is 12.1. The largest absolute Gasteiger partial charge is 0.383 e. The first-order valence-corrected chi connectivity index (χ1v) is 7.89. The second-order valence-electron chi connectivity index (χ2n) is 6.27. The molecule has 0 spiro atoms. The molecule has 0 aromatic carbocycles. The lowest BCUT2D eigenvalue weighted by molar-refractivity contribution is -0.117. The van der Waals surface area contributed by atoms with Crippen LogP contribution >= 0.6 is 0 Å². The molecule has 0 saturated carbocycles. The molecule has 1 N–H and O–H groups in total. The number of methoxy groups -OCH3 is 1. The first-order valence-electron chi connectivity index (χ1n) is 7.89. The molecular weight excluding hydrogens is 290 g/mol. The lowest BCUT2D eigenvalue weighted by Gasteiger charge is -2.17. The number of nitrogens with zero attached hydrogens (tertiary/aromatic N) is 2. The molecular formula is C18H27N3O2. The Kier molecular flexibility index (Phi) is 7.05. The van der Waals surface area contributed by atoms with Gasteiger partial charge in [-0.2, -0.15) is 5.26 Å². The van der Waals surface area contributed by atoms with Crippen LogP contribution in [0.25, 0.3) is 6.08 Å². The molecule has 0 aliphatic carbocycles. The highest BCUT2D eigenvalue weighted by Gasteiger charge is 2.15. The molecule has 0 aliphatic heterocycles. The Morgan fingerprint density at radius 2 is 2.09 bits per heavy atom. The lowest BCUT2D eigenvalue weighted by atomic mass is 10.1. The Bertz CT molecular complexity index is 621. The van der Waals surface area contributed by atoms with Crippen molar-refractivity contribution in [1.29, 1.82) is 5.26 Å². The van der Waals surface area contributed by atoms with Gasteiger partial charge in [0.05, 0.1) is 12.6 Å². The van der Waals surface area contributed by atoms with Gasteiger partial charge in [0, 0.05) is 25.0 Å². The standard InChI is InChI=1S/C18H27N3O2/c1-12(2)10-20-18(22)17(9-19)8-16-7-13(3)21(15(16)5)14(4)11-23-6/h7-8,12,14H,10-11H2,1-6H3,(H,20,22)/b17-8+. The Labute approximate surface area is 138 Å². The molecule has 1 unspecified atom stereocenters. The van der Waals surface area contributed by atoms with Gasteiger partial charge in [-0.15, -0.1) is 0 Å². The van der Waals surface area contributed by atoms with Crippen molar-refractivity contribution in [3.63, 3.8) is 0 Å². The topological polar surface area (TPSA) is 67.0 Å². The van der Waals surface area contributed by atoms with Gasteiger partial charge in [0.25, 0.3) is 5.91 Å². The van der Waals surface area contributed by atoms with E-state index >= 15 is 0 Å². The lowest BCUT2D eigenvalue weighted by Crippen LogP contribution is -2.28. The second kappa shape index (κ2) is 8.54. The molecule has 1 atom stereocenters. The van der Waals surface area contributed by atoms with Crippen LogP contribution in [0.3, 0.4) is 0 Å². The van der Waals surface area contributed by atoms with Gasteiger partial charge in [-0.25, -0.2) is 0 Å². The number of amides is 1. The SMILES string of the molecule is COCC(C)n1c(C)cc(/C=C(\C#N)C(=O)NCC(C)C)c1C. The molecule has 126 valence electrons. The Morgan fingerprint density at radius 1 is 1.43 bits per heavy atom. The van der Waals surface area contributed by atoms with Crippen molar-refractivity contribution in [2.75, 3.05) is 20.3 Å². The van der Waals surface area contributed by atoms with E-state index in [2.05, 4.69) is 16.8 Å². The van der Waals surface area contributed by atoms with E-state index in [-0.39, 0.29) is 17.5 Å². The molecule has 1 aromatic rings. The predicted octanol–water partition coefficient (Wildman–Crippen LogP) is 2.99. The minimum Gasteiger partial charge on any atom is -0.383 e. The number of aryl methyl sites for hydroxylation is 1. The monoisotopic (exact) mass is 317 g/mol. The number of carbonyl (C=O) groups excluding carboxylic acids is 1. The predicted molar refractivity (Wildman–Crippen MR) is 91.9 cm³/mol. The van der Waals surface area contributed by atoms with Crippen LogP contribution in [0.1, 0.15) is 43.8 Å². The van der Waals surface area contributed by atoms with Crippen LogP contribution in [0.2, 0.25) is 0 Å². The van der Waals surface area contributed by atoms with E-state index in [4.69, 9.17) is 4.74 Å². The summed E-state index contributed by atoms with van der Waals surface area (Å²) in [6.45, 7) is 11.3. The number of rotatable bonds is 7. The quantitative estimate of drug-likeness (QED) is 0.621. The molecule has 0 radical (unpaired) electrons. The molecule has 1 amide bonds. The molecule has 1 heterocycles. The number of nitriles is 1. The van der Waals surface area contributed by atoms with Crippen LogP contribution in [-0.4, -0.2) is 30.7 Å². The summed E-state index contributed by atoms with van der Waals surface area (Å²) < 4.78 is 7.38. The van der Waals surface area contributed by atoms with Crippen molar-refractivity contribution in [2.24, 2.45) is 5.92 Å². The Morgan fingerprint density at radius 3 is 2.61 bits per heavy atom. The Balaban J connectivity index is 3.08. The molecule has 5 heteroatoms. The molecule has 23 heavy (non-hydrogen) atoms. The molecule has 0 bridgehead atoms. The van der Waals surface area contributed by atoms with E-state index in [1.54, 1.807) is 13.2 Å². The number of hydrogen-bond donors (Lipinski definition) is 1. The summed E-state index contributed by atoms with van der Waals surface area (Å²) in [5.41, 5.74) is 3.13. The maximum absolute atomic E-state index is 12.1. The highest BCUT2D eigenvalue weighted by molar-refractivity contribution is 6.01. The van der Waals surface area contributed by atoms with Crippen LogP contribution in [0.5, 0.6) is 0 Å². The molecule has 5 nitrogen and oxygen atoms in total. The van der Waals surface area contributed by atoms with E-state index < -0.39 is 0 Å². The van der Waals surface area contributed by atoms with Gasteiger partial charge in [0.15, 0.2) is 0 Å². The minimum atomic E-state index is -0.323. The first-order chi connectivity index (χ1) is 10.8. The van der Waals surface area contributed by atoms with Crippen molar-refractivity contribution in [3.8, 4) is 6.07 Å². The summed E-state index contributed by atoms with van der Waals surface area (Å²) in [5, 5.41) is 12.1. The van der Waals surface area contributed by atoms with Crippen LogP contribution < -0.4 is 5.32 Å². The van der Waals surface area contributed by atoms with Gasteiger partial charge < -0.3 is 14.6 Å². The van der Waals surface area contributed by atoms with Gasteiger partial charge in [0.2, 0.25) is 0 Å². The van der Waals surface area contributed by atoms with Crippen molar-refractivity contribution in [1.82, 2.24) is 9.88 Å². The van der Waals surface area contributed by atoms with Crippen molar-refractivity contribution >= 4 is 12.0 Å². The van der Waals surface area contributed by atoms with Crippen molar-refractivity contribution in [2.45, 2.75) is 40.7 Å². The van der Waals surface area contributed by atoms with E-state index in [9.17, 15) is 10.1 Å². The average molecular weight is 317 g/mol. The number of hydrogen-bond acceptors (Lipinski definition) is 3. The van der Waals surface area contributed by atoms with Gasteiger partial charge in [0.1, 0.15) is 11.6 Å². The molecule has 0 aliphatic rings. The summed E-state index contributed by atoms with van der Waals surface area (Å²) >= 11 is 0. The van der Waals surface area contributed by atoms with Crippen molar-refractivity contribution in [3.05, 3.63) is 28.6 Å². The normalized spacial score (nSPS) is 13.0. The zero-order valence-corrected chi connectivity index (χ0v) is 14.9. The number of ether oxygens (including phenoxy) is 1. The Hall–Kier alpha value is -2.06. The summed E-state index contributed by atoms with van der Waals surface area (Å²) in [6.07, 6.45) is 1.66. The third kappa shape index (κ3) is 4.97. The third-order valence-corrected chi connectivity index (χ3v) is 3.71. The fourth-order valence-electron chi connectivity index (χ4n) is 2.64. The zero-order valence-electron chi connectivity index (χ0n) is 14.9. The van der Waals surface area contributed by atoms with Crippen LogP contribution in [0.15, 0.2) is 11.6 Å².